The van der Waals surface area contributed by atoms with E-state index >= 15 is 0 Å². The third-order valence-electron chi connectivity index (χ3n) is 3.88. The van der Waals surface area contributed by atoms with E-state index < -0.39 is 5.82 Å². The number of nitrogens with one attached hydrogen (secondary N) is 2. The van der Waals surface area contributed by atoms with Crippen LogP contribution in [0.4, 0.5) is 4.39 Å². The van der Waals surface area contributed by atoms with E-state index in [-0.39, 0.29) is 23.9 Å². The Morgan fingerprint density at radius 3 is 2.62 bits per heavy atom. The average molecular weight is 315 g/mol. The van der Waals surface area contributed by atoms with Crippen LogP contribution < -0.4 is 10.6 Å². The summed E-state index contributed by atoms with van der Waals surface area (Å²) in [5, 5.41) is 6.05. The first-order chi connectivity index (χ1) is 9.63. The quantitative estimate of drug-likeness (QED) is 0.896. The highest BCUT2D eigenvalue weighted by atomic mass is 35.5. The van der Waals surface area contributed by atoms with Gasteiger partial charge in [-0.25, -0.2) is 4.39 Å². The molecule has 1 heterocycles. The van der Waals surface area contributed by atoms with Crippen LogP contribution in [0.2, 0.25) is 0 Å². The van der Waals surface area contributed by atoms with Gasteiger partial charge in [0.2, 0.25) is 0 Å². The molecule has 1 aliphatic heterocycles. The molecule has 0 saturated carbocycles. The number of amides is 1. The van der Waals surface area contributed by atoms with Crippen LogP contribution in [-0.4, -0.2) is 25.5 Å². The number of carbonyl (C=O) groups excluding carboxylic acids is 1. The third kappa shape index (κ3) is 4.42. The first-order valence-electron chi connectivity index (χ1n) is 7.42. The fourth-order valence-corrected chi connectivity index (χ4v) is 2.78. The van der Waals surface area contributed by atoms with Crippen LogP contribution >= 0.6 is 12.4 Å². The van der Waals surface area contributed by atoms with E-state index in [1.807, 2.05) is 19.9 Å². The number of halogens is 2. The molecule has 1 aromatic rings. The summed E-state index contributed by atoms with van der Waals surface area (Å²) >= 11 is 0. The van der Waals surface area contributed by atoms with E-state index in [9.17, 15) is 9.18 Å². The van der Waals surface area contributed by atoms with Crippen molar-refractivity contribution in [2.45, 2.75) is 39.0 Å². The predicted molar refractivity (Wildman–Crippen MR) is 85.9 cm³/mol. The van der Waals surface area contributed by atoms with Crippen LogP contribution in [0.15, 0.2) is 12.1 Å². The molecule has 0 radical (unpaired) electrons. The van der Waals surface area contributed by atoms with Crippen molar-refractivity contribution >= 4 is 18.3 Å². The predicted octanol–water partition coefficient (Wildman–Crippen LogP) is 3.16. The Morgan fingerprint density at radius 1 is 1.38 bits per heavy atom. The smallest absolute Gasteiger partial charge is 0.254 e. The van der Waals surface area contributed by atoms with Gasteiger partial charge in [0.1, 0.15) is 5.82 Å². The summed E-state index contributed by atoms with van der Waals surface area (Å²) in [4.78, 5) is 12.0. The van der Waals surface area contributed by atoms with Crippen molar-refractivity contribution in [3.8, 4) is 0 Å². The molecule has 0 spiro atoms. The molecular weight excluding hydrogens is 291 g/mol. The largest absolute Gasteiger partial charge is 0.352 e. The number of carbonyl (C=O) groups is 1. The van der Waals surface area contributed by atoms with Gasteiger partial charge in [0.15, 0.2) is 0 Å². The van der Waals surface area contributed by atoms with Gasteiger partial charge in [-0.1, -0.05) is 13.0 Å². The van der Waals surface area contributed by atoms with Gasteiger partial charge in [-0.05, 0) is 62.4 Å². The SMILES string of the molecule is CCCNC(=O)c1c(C)cc(C2CCNCC2)cc1F.Cl. The highest BCUT2D eigenvalue weighted by molar-refractivity contribution is 5.96. The Morgan fingerprint density at radius 2 is 2.05 bits per heavy atom. The van der Waals surface area contributed by atoms with Crippen molar-refractivity contribution in [2.24, 2.45) is 0 Å². The van der Waals surface area contributed by atoms with Crippen molar-refractivity contribution in [3.63, 3.8) is 0 Å². The fraction of sp³-hybridized carbons (Fsp3) is 0.562. The maximum absolute atomic E-state index is 14.3. The molecule has 0 atom stereocenters. The zero-order valence-electron chi connectivity index (χ0n) is 12.7. The number of rotatable bonds is 4. The van der Waals surface area contributed by atoms with Gasteiger partial charge in [-0.15, -0.1) is 12.4 Å². The molecule has 0 bridgehead atoms. The third-order valence-corrected chi connectivity index (χ3v) is 3.88. The van der Waals surface area contributed by atoms with Crippen LogP contribution in [-0.2, 0) is 0 Å². The minimum Gasteiger partial charge on any atom is -0.352 e. The molecule has 0 unspecified atom stereocenters. The van der Waals surface area contributed by atoms with E-state index in [1.54, 1.807) is 6.07 Å². The van der Waals surface area contributed by atoms with Crippen molar-refractivity contribution in [1.82, 2.24) is 10.6 Å². The second-order valence-electron chi connectivity index (χ2n) is 5.47. The Hall–Kier alpha value is -1.13. The number of hydrogen-bond acceptors (Lipinski definition) is 2. The number of piperidine rings is 1. The van der Waals surface area contributed by atoms with Gasteiger partial charge in [-0.3, -0.25) is 4.79 Å². The minimum atomic E-state index is -0.396. The minimum absolute atomic E-state index is 0. The summed E-state index contributed by atoms with van der Waals surface area (Å²) in [6.45, 7) is 6.32. The number of benzene rings is 1. The Bertz CT molecular complexity index is 464. The molecule has 3 nitrogen and oxygen atoms in total. The zero-order chi connectivity index (χ0) is 14.5. The van der Waals surface area contributed by atoms with Crippen molar-refractivity contribution < 1.29 is 9.18 Å². The molecule has 1 amide bonds. The normalized spacial score (nSPS) is 15.4. The molecule has 1 aliphatic rings. The van der Waals surface area contributed by atoms with Crippen LogP contribution in [0.1, 0.15) is 53.6 Å². The first-order valence-corrected chi connectivity index (χ1v) is 7.42. The zero-order valence-corrected chi connectivity index (χ0v) is 13.5. The van der Waals surface area contributed by atoms with Gasteiger partial charge < -0.3 is 10.6 Å². The molecule has 1 fully saturated rings. The fourth-order valence-electron chi connectivity index (χ4n) is 2.78. The Labute approximate surface area is 132 Å². The maximum Gasteiger partial charge on any atom is 0.254 e. The van der Waals surface area contributed by atoms with Gasteiger partial charge in [0.25, 0.3) is 5.91 Å². The lowest BCUT2D eigenvalue weighted by Gasteiger charge is -2.24. The lowest BCUT2D eigenvalue weighted by Crippen LogP contribution is -2.28. The van der Waals surface area contributed by atoms with Crippen LogP contribution in [0.5, 0.6) is 0 Å². The number of aryl methyl sites for hydroxylation is 1. The van der Waals surface area contributed by atoms with Crippen molar-refractivity contribution in [3.05, 3.63) is 34.6 Å². The highest BCUT2D eigenvalue weighted by Gasteiger charge is 2.20. The standard InChI is InChI=1S/C16H23FN2O.ClH/c1-3-6-19-16(20)15-11(2)9-13(10-14(15)17)12-4-7-18-8-5-12;/h9-10,12,18H,3-8H2,1-2H3,(H,19,20);1H. The van der Waals surface area contributed by atoms with E-state index in [2.05, 4.69) is 10.6 Å². The van der Waals surface area contributed by atoms with E-state index in [0.717, 1.165) is 43.5 Å². The summed E-state index contributed by atoms with van der Waals surface area (Å²) in [6.07, 6.45) is 2.90. The topological polar surface area (TPSA) is 41.1 Å². The highest BCUT2D eigenvalue weighted by Crippen LogP contribution is 2.28. The van der Waals surface area contributed by atoms with Gasteiger partial charge in [0, 0.05) is 6.54 Å². The van der Waals surface area contributed by atoms with Gasteiger partial charge in [-0.2, -0.15) is 0 Å². The molecule has 118 valence electrons. The maximum atomic E-state index is 14.3. The molecule has 0 aromatic heterocycles. The van der Waals surface area contributed by atoms with Crippen LogP contribution in [0, 0.1) is 12.7 Å². The second-order valence-corrected chi connectivity index (χ2v) is 5.47. The van der Waals surface area contributed by atoms with Gasteiger partial charge >= 0.3 is 0 Å². The second kappa shape index (κ2) is 8.35. The van der Waals surface area contributed by atoms with Crippen molar-refractivity contribution in [2.75, 3.05) is 19.6 Å². The Balaban J connectivity index is 0.00000220. The molecule has 1 aromatic carbocycles. The van der Waals surface area contributed by atoms with Gasteiger partial charge in [0.05, 0.1) is 5.56 Å². The van der Waals surface area contributed by atoms with E-state index in [4.69, 9.17) is 0 Å². The first kappa shape index (κ1) is 17.9. The summed E-state index contributed by atoms with van der Waals surface area (Å²) in [5.74, 6) is -0.303. The van der Waals surface area contributed by atoms with Crippen LogP contribution in [0.25, 0.3) is 0 Å². The number of hydrogen-bond donors (Lipinski definition) is 2. The van der Waals surface area contributed by atoms with E-state index in [1.165, 1.54) is 0 Å². The molecular formula is C16H24ClFN2O. The Kier molecular flexibility index (Phi) is 7.12. The summed E-state index contributed by atoms with van der Waals surface area (Å²) in [7, 11) is 0. The molecule has 21 heavy (non-hydrogen) atoms. The lowest BCUT2D eigenvalue weighted by atomic mass is 9.88. The summed E-state index contributed by atoms with van der Waals surface area (Å²) in [5.41, 5.74) is 1.94. The molecule has 0 aliphatic carbocycles. The average Bonchev–Trinajstić information content (AvgIpc) is 2.45. The molecule has 5 heteroatoms. The van der Waals surface area contributed by atoms with E-state index in [0.29, 0.717) is 12.5 Å². The van der Waals surface area contributed by atoms with Crippen molar-refractivity contribution in [1.29, 1.82) is 0 Å². The summed E-state index contributed by atoms with van der Waals surface area (Å²) < 4.78 is 14.3. The van der Waals surface area contributed by atoms with Crippen LogP contribution in [0.3, 0.4) is 0 Å². The summed E-state index contributed by atoms with van der Waals surface area (Å²) in [6, 6.07) is 3.52. The lowest BCUT2D eigenvalue weighted by molar-refractivity contribution is 0.0949. The molecule has 2 N–H and O–H groups in total. The molecule has 1 saturated heterocycles. The monoisotopic (exact) mass is 314 g/mol. The molecule has 2 rings (SSSR count).